The summed E-state index contributed by atoms with van der Waals surface area (Å²) in [5, 5.41) is 11.0. The number of piperidine rings is 1. The van der Waals surface area contributed by atoms with Crippen molar-refractivity contribution >= 4 is 16.8 Å². The Bertz CT molecular complexity index is 641. The number of H-pyrrole nitrogens is 1. The molecule has 0 bridgehead atoms. The summed E-state index contributed by atoms with van der Waals surface area (Å²) >= 11 is 0. The third kappa shape index (κ3) is 3.08. The number of amides is 1. The third-order valence-corrected chi connectivity index (χ3v) is 4.57. The second-order valence-corrected chi connectivity index (χ2v) is 6.47. The van der Waals surface area contributed by atoms with Gasteiger partial charge in [0.2, 0.25) is 0 Å². The number of fused-ring (bicyclic) bond motifs is 1. The van der Waals surface area contributed by atoms with E-state index < -0.39 is 0 Å². The van der Waals surface area contributed by atoms with Gasteiger partial charge in [0, 0.05) is 17.5 Å². The molecule has 0 radical (unpaired) electrons. The molecule has 2 aromatic rings. The molecule has 1 saturated heterocycles. The van der Waals surface area contributed by atoms with Gasteiger partial charge in [-0.15, -0.1) is 0 Å². The Balaban J connectivity index is 1.63. The van der Waals surface area contributed by atoms with E-state index in [4.69, 9.17) is 0 Å². The molecule has 5 nitrogen and oxygen atoms in total. The van der Waals surface area contributed by atoms with Gasteiger partial charge in [-0.05, 0) is 50.5 Å². The lowest BCUT2D eigenvalue weighted by Crippen LogP contribution is -2.43. The Kier molecular flexibility index (Phi) is 3.68. The van der Waals surface area contributed by atoms with Crippen LogP contribution >= 0.6 is 0 Å². The lowest BCUT2D eigenvalue weighted by molar-refractivity contribution is 0.0891. The van der Waals surface area contributed by atoms with Gasteiger partial charge in [-0.2, -0.15) is 5.10 Å². The predicted molar refractivity (Wildman–Crippen MR) is 83.3 cm³/mol. The number of hydrogen-bond donors (Lipinski definition) is 2. The zero-order valence-corrected chi connectivity index (χ0v) is 12.6. The molecule has 112 valence electrons. The minimum absolute atomic E-state index is 0.00773. The molecular formula is C16H22N4O. The summed E-state index contributed by atoms with van der Waals surface area (Å²) in [6.07, 6.45) is 4.02. The van der Waals surface area contributed by atoms with Crippen LogP contribution in [0.4, 0.5) is 0 Å². The summed E-state index contributed by atoms with van der Waals surface area (Å²) in [7, 11) is 2.15. The number of aromatic nitrogens is 2. The van der Waals surface area contributed by atoms with Crippen molar-refractivity contribution in [2.24, 2.45) is 5.41 Å². The van der Waals surface area contributed by atoms with Crippen LogP contribution in [0.25, 0.3) is 10.9 Å². The fourth-order valence-electron chi connectivity index (χ4n) is 2.81. The molecule has 1 amide bonds. The Hall–Kier alpha value is -1.88. The van der Waals surface area contributed by atoms with Crippen molar-refractivity contribution < 1.29 is 4.79 Å². The van der Waals surface area contributed by atoms with E-state index in [2.05, 4.69) is 34.4 Å². The van der Waals surface area contributed by atoms with E-state index in [1.54, 1.807) is 6.20 Å². The molecule has 1 aromatic heterocycles. The van der Waals surface area contributed by atoms with E-state index in [0.717, 1.165) is 43.4 Å². The van der Waals surface area contributed by atoms with Gasteiger partial charge in [0.1, 0.15) is 0 Å². The predicted octanol–water partition coefficient (Wildman–Crippen LogP) is 2.02. The van der Waals surface area contributed by atoms with Crippen molar-refractivity contribution in [1.29, 1.82) is 0 Å². The normalized spacial score (nSPS) is 18.8. The summed E-state index contributed by atoms with van der Waals surface area (Å²) in [6.45, 7) is 5.21. The maximum absolute atomic E-state index is 12.3. The molecule has 1 aromatic carbocycles. The molecule has 1 aliphatic rings. The van der Waals surface area contributed by atoms with Gasteiger partial charge in [-0.1, -0.05) is 13.0 Å². The van der Waals surface area contributed by atoms with Crippen LogP contribution in [0, 0.1) is 5.41 Å². The van der Waals surface area contributed by atoms with Crippen molar-refractivity contribution in [2.75, 3.05) is 26.7 Å². The third-order valence-electron chi connectivity index (χ3n) is 4.57. The summed E-state index contributed by atoms with van der Waals surface area (Å²) in [6, 6.07) is 5.63. The van der Waals surface area contributed by atoms with Crippen LogP contribution in [0.3, 0.4) is 0 Å². The molecule has 1 aliphatic heterocycles. The first-order valence-electron chi connectivity index (χ1n) is 7.46. The lowest BCUT2D eigenvalue weighted by Gasteiger charge is -2.37. The molecule has 2 heterocycles. The number of likely N-dealkylation sites (tertiary alicyclic amines) is 1. The van der Waals surface area contributed by atoms with Crippen LogP contribution in [-0.4, -0.2) is 47.7 Å². The summed E-state index contributed by atoms with van der Waals surface area (Å²) in [5.74, 6) is -0.00773. The molecular weight excluding hydrogens is 264 g/mol. The molecule has 0 unspecified atom stereocenters. The number of hydrogen-bond acceptors (Lipinski definition) is 3. The first-order chi connectivity index (χ1) is 10.1. The molecule has 5 heteroatoms. The Labute approximate surface area is 124 Å². The standard InChI is InChI=1S/C16H22N4O/c1-16(5-7-20(2)8-6-16)11-17-15(21)12-3-4-13-10-18-19-14(13)9-12/h3-4,9-10H,5-8,11H2,1-2H3,(H,17,21)(H,18,19). The molecule has 0 aliphatic carbocycles. The molecule has 0 atom stereocenters. The van der Waals surface area contributed by atoms with E-state index >= 15 is 0 Å². The smallest absolute Gasteiger partial charge is 0.251 e. The van der Waals surface area contributed by atoms with Crippen LogP contribution in [-0.2, 0) is 0 Å². The second kappa shape index (κ2) is 5.48. The van der Waals surface area contributed by atoms with Crippen LogP contribution < -0.4 is 5.32 Å². The van der Waals surface area contributed by atoms with Gasteiger partial charge in [-0.3, -0.25) is 9.89 Å². The van der Waals surface area contributed by atoms with Gasteiger partial charge in [0.05, 0.1) is 11.7 Å². The lowest BCUT2D eigenvalue weighted by atomic mass is 9.80. The topological polar surface area (TPSA) is 61.0 Å². The van der Waals surface area contributed by atoms with E-state index in [-0.39, 0.29) is 11.3 Å². The van der Waals surface area contributed by atoms with Gasteiger partial charge >= 0.3 is 0 Å². The van der Waals surface area contributed by atoms with Crippen molar-refractivity contribution in [3.63, 3.8) is 0 Å². The number of rotatable bonds is 3. The molecule has 1 fully saturated rings. The Morgan fingerprint density at radius 3 is 2.95 bits per heavy atom. The zero-order valence-electron chi connectivity index (χ0n) is 12.6. The fraction of sp³-hybridized carbons (Fsp3) is 0.500. The van der Waals surface area contributed by atoms with Crippen LogP contribution in [0.15, 0.2) is 24.4 Å². The highest BCUT2D eigenvalue weighted by Crippen LogP contribution is 2.29. The SMILES string of the molecule is CN1CCC(C)(CNC(=O)c2ccc3cn[nH]c3c2)CC1. The number of benzene rings is 1. The number of nitrogens with zero attached hydrogens (tertiary/aromatic N) is 2. The van der Waals surface area contributed by atoms with Gasteiger partial charge < -0.3 is 10.2 Å². The van der Waals surface area contributed by atoms with Crippen molar-refractivity contribution in [2.45, 2.75) is 19.8 Å². The average Bonchev–Trinajstić information content (AvgIpc) is 2.96. The van der Waals surface area contributed by atoms with Crippen molar-refractivity contribution in [1.82, 2.24) is 20.4 Å². The number of carbonyl (C=O) groups is 1. The quantitative estimate of drug-likeness (QED) is 0.907. The number of aromatic amines is 1. The van der Waals surface area contributed by atoms with E-state index in [1.807, 2.05) is 18.2 Å². The van der Waals surface area contributed by atoms with Crippen LogP contribution in [0.2, 0.25) is 0 Å². The highest BCUT2D eigenvalue weighted by atomic mass is 16.1. The Morgan fingerprint density at radius 1 is 1.43 bits per heavy atom. The highest BCUT2D eigenvalue weighted by molar-refractivity contribution is 5.97. The Morgan fingerprint density at radius 2 is 2.19 bits per heavy atom. The van der Waals surface area contributed by atoms with E-state index in [9.17, 15) is 4.79 Å². The molecule has 3 rings (SSSR count). The van der Waals surface area contributed by atoms with Gasteiger partial charge in [0.25, 0.3) is 5.91 Å². The monoisotopic (exact) mass is 286 g/mol. The number of carbonyl (C=O) groups excluding carboxylic acids is 1. The average molecular weight is 286 g/mol. The van der Waals surface area contributed by atoms with Gasteiger partial charge in [-0.25, -0.2) is 0 Å². The molecule has 0 spiro atoms. The summed E-state index contributed by atoms with van der Waals surface area (Å²) < 4.78 is 0. The first kappa shape index (κ1) is 14.1. The molecule has 0 saturated carbocycles. The van der Waals surface area contributed by atoms with E-state index in [1.165, 1.54) is 0 Å². The van der Waals surface area contributed by atoms with Crippen molar-refractivity contribution in [3.05, 3.63) is 30.0 Å². The zero-order chi connectivity index (χ0) is 14.9. The highest BCUT2D eigenvalue weighted by Gasteiger charge is 2.29. The largest absolute Gasteiger partial charge is 0.351 e. The molecule has 2 N–H and O–H groups in total. The van der Waals surface area contributed by atoms with E-state index in [0.29, 0.717) is 5.56 Å². The summed E-state index contributed by atoms with van der Waals surface area (Å²) in [4.78, 5) is 14.6. The first-order valence-corrected chi connectivity index (χ1v) is 7.46. The minimum Gasteiger partial charge on any atom is -0.351 e. The van der Waals surface area contributed by atoms with Crippen LogP contribution in [0.1, 0.15) is 30.1 Å². The number of nitrogens with one attached hydrogen (secondary N) is 2. The minimum atomic E-state index is -0.00773. The maximum Gasteiger partial charge on any atom is 0.251 e. The second-order valence-electron chi connectivity index (χ2n) is 6.47. The maximum atomic E-state index is 12.3. The van der Waals surface area contributed by atoms with Crippen molar-refractivity contribution in [3.8, 4) is 0 Å². The van der Waals surface area contributed by atoms with Crippen LogP contribution in [0.5, 0.6) is 0 Å². The fourth-order valence-corrected chi connectivity index (χ4v) is 2.81. The molecule has 21 heavy (non-hydrogen) atoms. The summed E-state index contributed by atoms with van der Waals surface area (Å²) in [5.41, 5.74) is 1.79. The van der Waals surface area contributed by atoms with Gasteiger partial charge in [0.15, 0.2) is 0 Å².